The molecule has 1 aromatic carbocycles. The molecule has 2 saturated heterocycles. The van der Waals surface area contributed by atoms with Crippen molar-refractivity contribution in [3.8, 4) is 11.5 Å². The zero-order valence-corrected chi connectivity index (χ0v) is 47.5. The average Bonchev–Trinajstić information content (AvgIpc) is 3.35. The van der Waals surface area contributed by atoms with E-state index in [0.717, 1.165) is 36.3 Å². The van der Waals surface area contributed by atoms with Crippen LogP contribution in [0.2, 0.25) is 0 Å². The fourth-order valence-electron chi connectivity index (χ4n) is 13.0. The van der Waals surface area contributed by atoms with E-state index in [1.807, 2.05) is 4.90 Å². The Morgan fingerprint density at radius 2 is 1.56 bits per heavy atom. The number of carbonyl (C=O) groups is 6. The second kappa shape index (κ2) is 22.6. The Morgan fingerprint density at radius 1 is 0.864 bits per heavy atom. The van der Waals surface area contributed by atoms with Crippen molar-refractivity contribution in [2.24, 2.45) is 35.5 Å². The van der Waals surface area contributed by atoms with Crippen LogP contribution in [0.3, 0.4) is 0 Å². The predicted molar refractivity (Wildman–Crippen MR) is 295 cm³/mol. The van der Waals surface area contributed by atoms with Crippen LogP contribution in [0.25, 0.3) is 5.52 Å². The number of anilines is 1. The number of carbonyl (C=O) groups excluding carboxylic acids is 5. The summed E-state index contributed by atoms with van der Waals surface area (Å²) in [6.07, 6.45) is 8.71. The Morgan fingerprint density at radius 3 is 2.22 bits per heavy atom. The maximum Gasteiger partial charge on any atom is 0.341 e. The van der Waals surface area contributed by atoms with Crippen molar-refractivity contribution in [2.75, 3.05) is 38.2 Å². The predicted octanol–water partition coefficient (Wildman–Crippen LogP) is 7.22. The summed E-state index contributed by atoms with van der Waals surface area (Å²) < 4.78 is 41.4. The van der Waals surface area contributed by atoms with Gasteiger partial charge >= 0.3 is 17.7 Å². The number of halogens is 1. The molecule has 11 atom stereocenters. The summed E-state index contributed by atoms with van der Waals surface area (Å²) in [5.41, 5.74) is -0.780. The molecule has 434 valence electrons. The number of ketones is 3. The van der Waals surface area contributed by atoms with Crippen LogP contribution in [0.5, 0.6) is 11.5 Å². The van der Waals surface area contributed by atoms with Gasteiger partial charge in [-0.05, 0) is 100 Å². The number of methoxy groups -OCH3 is 1. The van der Waals surface area contributed by atoms with Crippen LogP contribution < -0.4 is 20.5 Å². The molecule has 2 unspecified atom stereocenters. The number of esters is 1. The van der Waals surface area contributed by atoms with Gasteiger partial charge in [-0.15, -0.1) is 0 Å². The van der Waals surface area contributed by atoms with Gasteiger partial charge in [0.05, 0.1) is 58.7 Å². The monoisotopic (exact) mass is 1120 g/mol. The van der Waals surface area contributed by atoms with Gasteiger partial charge in [-0.2, -0.15) is 0 Å². The average molecular weight is 1120 g/mol. The largest absolute Gasteiger partial charge is 0.507 e. The van der Waals surface area contributed by atoms with Crippen LogP contribution in [0.1, 0.15) is 151 Å². The number of ether oxygens (including phenoxy) is 4. The maximum absolute atomic E-state index is 16.4. The first-order valence-corrected chi connectivity index (χ1v) is 27.9. The second-order valence-electron chi connectivity index (χ2n) is 23.4. The lowest BCUT2D eigenvalue weighted by Crippen LogP contribution is -2.46. The number of aliphatic hydroxyl groups is 2. The number of aromatic carboxylic acids is 1. The van der Waals surface area contributed by atoms with E-state index in [0.29, 0.717) is 48.3 Å². The molecule has 20 heteroatoms. The number of benzene rings is 1. The lowest BCUT2D eigenvalue weighted by Gasteiger charge is -2.38. The Hall–Kier alpha value is -7.16. The number of aryl methyl sites for hydroxylation is 1. The number of fused-ring (bicyclic) bond motifs is 15. The van der Waals surface area contributed by atoms with E-state index >= 15 is 14.0 Å². The van der Waals surface area contributed by atoms with Gasteiger partial charge in [0.1, 0.15) is 34.6 Å². The van der Waals surface area contributed by atoms with Crippen LogP contribution >= 0.6 is 0 Å². The number of pyridine rings is 2. The number of likely N-dealkylation sites (tertiary alicyclic amines) is 1. The Labute approximate surface area is 469 Å². The maximum atomic E-state index is 16.4. The van der Waals surface area contributed by atoms with Gasteiger partial charge in [-0.25, -0.2) is 9.18 Å². The molecule has 7 aliphatic rings. The topological polar surface area (TPSA) is 260 Å². The molecule has 5 bridgehead atoms. The molecule has 1 amide bonds. The number of Topliss-reactive ketones (excluding diaryl/α,β-unsaturated/α-hetero) is 3. The number of phenolic OH excluding ortho intramolecular Hbond substituents is 1. The number of nitrogens with one attached hydrogen (secondary N) is 1. The van der Waals surface area contributed by atoms with Crippen molar-refractivity contribution in [1.82, 2.24) is 14.6 Å². The minimum absolute atomic E-state index is 0.0350. The van der Waals surface area contributed by atoms with Crippen LogP contribution in [-0.2, 0) is 23.8 Å². The number of aromatic nitrogens is 1. The number of phenols is 1. The van der Waals surface area contributed by atoms with E-state index in [4.69, 9.17) is 18.9 Å². The third-order valence-electron chi connectivity index (χ3n) is 17.7. The summed E-state index contributed by atoms with van der Waals surface area (Å²) in [6.45, 7) is 15.6. The smallest absolute Gasteiger partial charge is 0.341 e. The molecular formula is C61H73FN4O15. The first kappa shape index (κ1) is 58.5. The third-order valence-corrected chi connectivity index (χ3v) is 17.7. The van der Waals surface area contributed by atoms with Crippen molar-refractivity contribution < 1.29 is 72.5 Å². The molecule has 19 nitrogen and oxygen atoms in total. The van der Waals surface area contributed by atoms with E-state index in [2.05, 4.69) is 5.32 Å². The Kier molecular flexibility index (Phi) is 16.4. The highest BCUT2D eigenvalue weighted by Gasteiger charge is 2.54. The van der Waals surface area contributed by atoms with E-state index in [-0.39, 0.29) is 59.0 Å². The fraction of sp³-hybridized carbons (Fsp3) is 0.525. The summed E-state index contributed by atoms with van der Waals surface area (Å²) >= 11 is 0. The summed E-state index contributed by atoms with van der Waals surface area (Å²) in [7, 11) is 1.42. The summed E-state index contributed by atoms with van der Waals surface area (Å²) in [6, 6.07) is 1.44. The highest BCUT2D eigenvalue weighted by molar-refractivity contribution is 6.32. The first-order chi connectivity index (χ1) is 38.3. The van der Waals surface area contributed by atoms with Gasteiger partial charge in [0.2, 0.25) is 11.6 Å². The lowest BCUT2D eigenvalue weighted by molar-refractivity contribution is -0.160. The molecule has 10 rings (SSSR count). The molecular weight excluding hydrogens is 1050 g/mol. The Bertz CT molecular complexity index is 3320. The number of aromatic hydroxyl groups is 1. The van der Waals surface area contributed by atoms with Crippen LogP contribution in [0, 0.1) is 55.2 Å². The molecule has 5 aliphatic heterocycles. The number of aliphatic hydroxyl groups excluding tert-OH is 2. The van der Waals surface area contributed by atoms with Gasteiger partial charge in [0.15, 0.2) is 5.82 Å². The van der Waals surface area contributed by atoms with Gasteiger partial charge in [-0.3, -0.25) is 33.2 Å². The summed E-state index contributed by atoms with van der Waals surface area (Å²) in [5, 5.41) is 47.6. The number of piperidine rings is 1. The van der Waals surface area contributed by atoms with Gasteiger partial charge in [0, 0.05) is 81.9 Å². The molecule has 2 aliphatic carbocycles. The normalized spacial score (nSPS) is 30.9. The number of carboxylic acid groups (broad SMARTS) is 1. The number of hydrogen-bond donors (Lipinski definition) is 5. The molecule has 81 heavy (non-hydrogen) atoms. The van der Waals surface area contributed by atoms with E-state index in [1.165, 1.54) is 59.3 Å². The fourth-order valence-corrected chi connectivity index (χ4v) is 13.0. The highest BCUT2D eigenvalue weighted by atomic mass is 19.1. The van der Waals surface area contributed by atoms with Crippen LogP contribution in [0.4, 0.5) is 10.1 Å². The summed E-state index contributed by atoms with van der Waals surface area (Å²) in [5.74, 6) is -11.6. The molecule has 3 aromatic rings. The number of allylic oxidation sites excluding steroid dienone is 4. The quantitative estimate of drug-likeness (QED) is 0.139. The Balaban J connectivity index is 1.05. The van der Waals surface area contributed by atoms with Gasteiger partial charge in [-0.1, -0.05) is 45.9 Å². The van der Waals surface area contributed by atoms with Crippen LogP contribution in [-0.4, -0.2) is 128 Å². The number of amides is 1. The van der Waals surface area contributed by atoms with E-state index < -0.39 is 129 Å². The van der Waals surface area contributed by atoms with Crippen molar-refractivity contribution >= 4 is 46.4 Å². The van der Waals surface area contributed by atoms with Crippen molar-refractivity contribution in [1.29, 1.82) is 0 Å². The second-order valence-corrected chi connectivity index (χ2v) is 23.4. The highest BCUT2D eigenvalue weighted by Crippen LogP contribution is 2.50. The molecule has 0 spiro atoms. The summed E-state index contributed by atoms with van der Waals surface area (Å²) in [4.78, 5) is 101. The standard InChI is InChI=1S/C61H73FN4O15/c1-28-13-11-14-29(2)58(74)63-46-49(65-21-18-37(26-65)23-36-15-12-20-64(25-36)48-31(4)47-39(38-16-17-38)24-40(60(76)77)59(75)66(47)27-41(48)62)54(72)43-44(53(46)71)52(70)34(7)56-45(43)57(73)61(9,81-56)79-22-19-42(78-10)30(3)55(80-35(8)67)33(6)51(69)32(5)50(28)68/h11,13-14,19,22,24,27-28,30,32-33,36-38,42,50-51,55,68-70H,12,15-18,20-21,23,25-26H2,1-10H3,(H,63,74)(H,76,77)/b13-11+,22-19+,29-14-/t28-,30+,32+,33+,36?,37?,42-,50-,51+,55+,61-/m0/s1. The number of nitrogens with zero attached hydrogens (tertiary/aromatic N) is 3. The van der Waals surface area contributed by atoms with Gasteiger partial charge in [0.25, 0.3) is 17.2 Å². The molecule has 1 saturated carbocycles. The zero-order valence-electron chi connectivity index (χ0n) is 47.5. The minimum atomic E-state index is -2.15. The SMILES string of the molecule is CO[C@H]1/C=C/O[C@@]2(C)Oc3c(C)c(O)c4c(c3C2=O)C(=O)C(N2CCC(CC3CCCN(c5c(F)cn6c(=O)c(C(=O)O)cc(C7CC7)c6c5C)C3)C2)=C(NC(=O)/C(C)=C\C=C\[C@H](C)[C@H](O)[C@@H](C)[C@@H](O)[C@@H](C)[C@H](OC(C)=O)[C@@H]1C)C4=O. The third kappa shape index (κ3) is 10.7. The van der Waals surface area contributed by atoms with Gasteiger partial charge < -0.3 is 54.5 Å². The first-order valence-electron chi connectivity index (χ1n) is 27.9. The molecule has 2 aromatic heterocycles. The molecule has 0 radical (unpaired) electrons. The molecule has 7 heterocycles. The number of rotatable bonds is 8. The molecule has 5 N–H and O–H groups in total. The van der Waals surface area contributed by atoms with Crippen LogP contribution in [0.15, 0.2) is 64.6 Å². The van der Waals surface area contributed by atoms with Crippen molar-refractivity contribution in [3.05, 3.63) is 115 Å². The van der Waals surface area contributed by atoms with E-state index in [9.17, 15) is 44.4 Å². The van der Waals surface area contributed by atoms with E-state index in [1.54, 1.807) is 51.7 Å². The lowest BCUT2D eigenvalue weighted by atomic mass is 9.78. The van der Waals surface area contributed by atoms with Crippen molar-refractivity contribution in [2.45, 2.75) is 137 Å². The molecule has 3 fully saturated rings. The number of carboxylic acids is 1. The zero-order chi connectivity index (χ0) is 58.8. The van der Waals surface area contributed by atoms with Crippen molar-refractivity contribution in [3.63, 3.8) is 0 Å². The number of hydrogen-bond acceptors (Lipinski definition) is 16. The minimum Gasteiger partial charge on any atom is -0.507 e.